The molecule has 13 heteroatoms. The van der Waals surface area contributed by atoms with Crippen molar-refractivity contribution in [3.63, 3.8) is 0 Å². The third kappa shape index (κ3) is 5.84. The van der Waals surface area contributed by atoms with Crippen LogP contribution in [0.2, 0.25) is 0 Å². The molecule has 3 N–H and O–H groups in total. The van der Waals surface area contributed by atoms with Gasteiger partial charge in [-0.15, -0.1) is 0 Å². The number of carboxylic acid groups (broad SMARTS) is 1. The molecule has 0 saturated carbocycles. The van der Waals surface area contributed by atoms with Crippen molar-refractivity contribution >= 4 is 34.5 Å². The monoisotopic (exact) mass is 499 g/mol. The topological polar surface area (TPSA) is 126 Å². The van der Waals surface area contributed by atoms with Gasteiger partial charge in [-0.25, -0.2) is 9.59 Å². The van der Waals surface area contributed by atoms with Crippen LogP contribution in [0.1, 0.15) is 31.7 Å². The van der Waals surface area contributed by atoms with E-state index in [1.807, 2.05) is 25.2 Å². The molecule has 1 atom stereocenters. The summed E-state index contributed by atoms with van der Waals surface area (Å²) in [7, 11) is 3.73. The summed E-state index contributed by atoms with van der Waals surface area (Å²) in [6, 6.07) is 5.35. The molecule has 2 aliphatic rings. The van der Waals surface area contributed by atoms with Crippen LogP contribution >= 0.6 is 0 Å². The second-order valence-electron chi connectivity index (χ2n) is 8.64. The van der Waals surface area contributed by atoms with Crippen LogP contribution in [0.4, 0.5) is 18.9 Å². The molecular formula is C22H28F3N5O5. The van der Waals surface area contributed by atoms with Crippen LogP contribution in [-0.2, 0) is 21.4 Å². The summed E-state index contributed by atoms with van der Waals surface area (Å²) in [5.41, 5.74) is 2.42. The average Bonchev–Trinajstić information content (AvgIpc) is 3.04. The first kappa shape index (κ1) is 26.3. The van der Waals surface area contributed by atoms with Crippen LogP contribution in [0, 0.1) is 5.92 Å². The van der Waals surface area contributed by atoms with Gasteiger partial charge in [0.25, 0.3) is 0 Å². The summed E-state index contributed by atoms with van der Waals surface area (Å²) in [6.07, 6.45) is -2.19. The Labute approximate surface area is 198 Å². The second-order valence-corrected chi connectivity index (χ2v) is 8.64. The molecule has 2 aromatic rings. The number of benzene rings is 1. The minimum atomic E-state index is -5.08. The first-order valence-electron chi connectivity index (χ1n) is 11.2. The molecule has 10 nitrogen and oxygen atoms in total. The molecule has 1 aromatic heterocycles. The summed E-state index contributed by atoms with van der Waals surface area (Å²) in [4.78, 5) is 47.9. The van der Waals surface area contributed by atoms with Crippen molar-refractivity contribution in [1.29, 1.82) is 0 Å². The van der Waals surface area contributed by atoms with E-state index in [1.54, 1.807) is 11.6 Å². The number of carbonyl (C=O) groups excluding carboxylic acids is 2. The number of aromatic nitrogens is 2. The molecule has 4 rings (SSSR count). The van der Waals surface area contributed by atoms with Gasteiger partial charge >= 0.3 is 17.8 Å². The standard InChI is InChI=1S/C20H27N5O3.C2HF3O2/c1-21-12-13-7-9-24(10-8-13)14-3-4-15-17(11-14)23(2)20(28)25(15)16-5-6-18(26)22-19(16)27;3-2(4,5)1(6)7/h3-4,11,13,16,21H,5-10,12H2,1-2H3,(H,22,26,27);(H,6,7). The summed E-state index contributed by atoms with van der Waals surface area (Å²) in [6.45, 7) is 3.05. The van der Waals surface area contributed by atoms with Gasteiger partial charge in [-0.05, 0) is 57.0 Å². The van der Waals surface area contributed by atoms with E-state index in [0.29, 0.717) is 12.3 Å². The zero-order valence-corrected chi connectivity index (χ0v) is 19.4. The molecule has 2 saturated heterocycles. The Bertz CT molecular complexity index is 1160. The number of halogens is 3. The highest BCUT2D eigenvalue weighted by molar-refractivity contribution is 6.00. The molecule has 2 aliphatic heterocycles. The predicted octanol–water partition coefficient (Wildman–Crippen LogP) is 1.39. The third-order valence-electron chi connectivity index (χ3n) is 6.31. The van der Waals surface area contributed by atoms with Crippen LogP contribution in [-0.4, -0.2) is 64.9 Å². The number of imidazole rings is 1. The zero-order chi connectivity index (χ0) is 25.9. The second kappa shape index (κ2) is 10.5. The van der Waals surface area contributed by atoms with Gasteiger partial charge in [0.1, 0.15) is 6.04 Å². The number of imide groups is 1. The molecule has 35 heavy (non-hydrogen) atoms. The van der Waals surface area contributed by atoms with Crippen molar-refractivity contribution in [2.45, 2.75) is 37.9 Å². The van der Waals surface area contributed by atoms with E-state index in [4.69, 9.17) is 9.90 Å². The molecule has 0 spiro atoms. The highest BCUT2D eigenvalue weighted by atomic mass is 19.4. The van der Waals surface area contributed by atoms with Crippen LogP contribution < -0.4 is 21.2 Å². The number of hydrogen-bond donors (Lipinski definition) is 3. The maximum absolute atomic E-state index is 12.9. The van der Waals surface area contributed by atoms with Crippen molar-refractivity contribution in [2.24, 2.45) is 13.0 Å². The fraction of sp³-hybridized carbons (Fsp3) is 0.545. The van der Waals surface area contributed by atoms with Gasteiger partial charge in [-0.2, -0.15) is 13.2 Å². The Balaban J connectivity index is 0.000000429. The molecule has 1 aromatic carbocycles. The van der Waals surface area contributed by atoms with E-state index in [2.05, 4.69) is 15.5 Å². The fourth-order valence-corrected chi connectivity index (χ4v) is 4.46. The van der Waals surface area contributed by atoms with Crippen LogP contribution in [0.5, 0.6) is 0 Å². The highest BCUT2D eigenvalue weighted by Gasteiger charge is 2.38. The molecule has 0 aliphatic carbocycles. The maximum atomic E-state index is 12.9. The Hall–Kier alpha value is -3.35. The van der Waals surface area contributed by atoms with Crippen molar-refractivity contribution in [1.82, 2.24) is 19.8 Å². The number of aryl methyl sites for hydroxylation is 1. The van der Waals surface area contributed by atoms with Crippen molar-refractivity contribution in [2.75, 3.05) is 31.6 Å². The maximum Gasteiger partial charge on any atom is 0.490 e. The largest absolute Gasteiger partial charge is 0.490 e. The van der Waals surface area contributed by atoms with Gasteiger partial charge in [0, 0.05) is 32.2 Å². The van der Waals surface area contributed by atoms with E-state index >= 15 is 0 Å². The molecule has 2 amide bonds. The number of carbonyl (C=O) groups is 3. The molecule has 0 radical (unpaired) electrons. The van der Waals surface area contributed by atoms with Crippen LogP contribution in [0.25, 0.3) is 11.0 Å². The summed E-state index contributed by atoms with van der Waals surface area (Å²) >= 11 is 0. The molecule has 3 heterocycles. The van der Waals surface area contributed by atoms with Gasteiger partial charge in [0.05, 0.1) is 11.0 Å². The number of aliphatic carboxylic acids is 1. The number of rotatable bonds is 4. The van der Waals surface area contributed by atoms with E-state index < -0.39 is 24.1 Å². The molecule has 0 bridgehead atoms. The number of nitrogens with zero attached hydrogens (tertiary/aromatic N) is 3. The highest BCUT2D eigenvalue weighted by Crippen LogP contribution is 2.28. The lowest BCUT2D eigenvalue weighted by molar-refractivity contribution is -0.192. The smallest absolute Gasteiger partial charge is 0.475 e. The quantitative estimate of drug-likeness (QED) is 0.543. The summed E-state index contributed by atoms with van der Waals surface area (Å²) < 4.78 is 34.9. The zero-order valence-electron chi connectivity index (χ0n) is 19.4. The molecule has 1 unspecified atom stereocenters. The van der Waals surface area contributed by atoms with E-state index in [9.17, 15) is 27.6 Å². The molecule has 2 fully saturated rings. The Morgan fingerprint density at radius 1 is 1.14 bits per heavy atom. The molecular weight excluding hydrogens is 471 g/mol. The third-order valence-corrected chi connectivity index (χ3v) is 6.31. The summed E-state index contributed by atoms with van der Waals surface area (Å²) in [5, 5.41) is 12.7. The number of anilines is 1. The van der Waals surface area contributed by atoms with E-state index in [1.165, 1.54) is 4.57 Å². The first-order chi connectivity index (χ1) is 16.4. The first-order valence-corrected chi connectivity index (χ1v) is 11.2. The lowest BCUT2D eigenvalue weighted by atomic mass is 9.96. The number of hydrogen-bond acceptors (Lipinski definition) is 6. The summed E-state index contributed by atoms with van der Waals surface area (Å²) in [5.74, 6) is -2.73. The van der Waals surface area contributed by atoms with Crippen LogP contribution in [0.3, 0.4) is 0 Å². The Kier molecular flexibility index (Phi) is 7.88. The predicted molar refractivity (Wildman–Crippen MR) is 121 cm³/mol. The Morgan fingerprint density at radius 3 is 2.31 bits per heavy atom. The normalized spacial score (nSPS) is 19.3. The van der Waals surface area contributed by atoms with Crippen LogP contribution in [0.15, 0.2) is 23.0 Å². The lowest BCUT2D eigenvalue weighted by Crippen LogP contribution is -2.44. The van der Waals surface area contributed by atoms with Crippen molar-refractivity contribution in [3.8, 4) is 0 Å². The minimum absolute atomic E-state index is 0.227. The Morgan fingerprint density at radius 2 is 1.77 bits per heavy atom. The van der Waals surface area contributed by atoms with E-state index in [0.717, 1.165) is 49.2 Å². The number of alkyl halides is 3. The SMILES string of the molecule is CNCC1CCN(c2ccc3c(c2)n(C)c(=O)n3C2CCC(=O)NC2=O)CC1.O=C(O)C(F)(F)F. The molecule has 192 valence electrons. The van der Waals surface area contributed by atoms with Gasteiger partial charge in [0.2, 0.25) is 11.8 Å². The van der Waals surface area contributed by atoms with Gasteiger partial charge in [-0.1, -0.05) is 0 Å². The number of carboxylic acids is 1. The van der Waals surface area contributed by atoms with Crippen molar-refractivity contribution in [3.05, 3.63) is 28.7 Å². The number of piperidine rings is 2. The van der Waals surface area contributed by atoms with E-state index in [-0.39, 0.29) is 18.0 Å². The number of nitrogens with one attached hydrogen (secondary N) is 2. The lowest BCUT2D eigenvalue weighted by Gasteiger charge is -2.33. The van der Waals surface area contributed by atoms with Gasteiger partial charge in [0.15, 0.2) is 0 Å². The average molecular weight is 499 g/mol. The van der Waals surface area contributed by atoms with Gasteiger partial charge in [-0.3, -0.25) is 24.0 Å². The number of fused-ring (bicyclic) bond motifs is 1. The van der Waals surface area contributed by atoms with Crippen molar-refractivity contribution < 1.29 is 32.7 Å². The number of amides is 2. The van der Waals surface area contributed by atoms with Gasteiger partial charge < -0.3 is 15.3 Å². The minimum Gasteiger partial charge on any atom is -0.475 e. The fourth-order valence-electron chi connectivity index (χ4n) is 4.46.